The van der Waals surface area contributed by atoms with Crippen LogP contribution < -0.4 is 4.74 Å². The van der Waals surface area contributed by atoms with Crippen LogP contribution in [0.1, 0.15) is 48.9 Å². The predicted octanol–water partition coefficient (Wildman–Crippen LogP) is 3.38. The highest BCUT2D eigenvalue weighted by atomic mass is 16.5. The molecule has 0 aliphatic heterocycles. The van der Waals surface area contributed by atoms with Crippen molar-refractivity contribution in [1.29, 1.82) is 0 Å². The first-order valence-electron chi connectivity index (χ1n) is 7.94. The Kier molecular flexibility index (Phi) is 2.95. The van der Waals surface area contributed by atoms with Crippen molar-refractivity contribution >= 4 is 5.97 Å². The van der Waals surface area contributed by atoms with Crippen LogP contribution in [-0.2, 0) is 0 Å². The second kappa shape index (κ2) is 4.72. The minimum absolute atomic E-state index is 0.217. The highest BCUT2D eigenvalue weighted by molar-refractivity contribution is 5.90. The Hall–Kier alpha value is -1.58. The van der Waals surface area contributed by atoms with Crippen molar-refractivity contribution in [2.75, 3.05) is 6.61 Å². The maximum Gasteiger partial charge on any atom is 0.339 e. The Labute approximate surface area is 124 Å². The summed E-state index contributed by atoms with van der Waals surface area (Å²) in [7, 11) is 0. The molecule has 0 amide bonds. The van der Waals surface area contributed by atoms with E-state index in [2.05, 4.69) is 4.98 Å². The molecule has 4 heteroatoms. The number of carboxylic acids is 1. The number of carbonyl (C=O) groups is 1. The quantitative estimate of drug-likeness (QED) is 0.922. The lowest BCUT2D eigenvalue weighted by Crippen LogP contribution is -2.48. The van der Waals surface area contributed by atoms with Crippen LogP contribution in [0.2, 0.25) is 0 Å². The number of carboxylic acid groups (broad SMARTS) is 1. The molecule has 0 spiro atoms. The van der Waals surface area contributed by atoms with Gasteiger partial charge < -0.3 is 9.84 Å². The zero-order chi connectivity index (χ0) is 14.4. The van der Waals surface area contributed by atoms with E-state index in [0.29, 0.717) is 17.8 Å². The van der Waals surface area contributed by atoms with Gasteiger partial charge in [-0.1, -0.05) is 0 Å². The van der Waals surface area contributed by atoms with Gasteiger partial charge in [0, 0.05) is 11.6 Å². The van der Waals surface area contributed by atoms with Crippen LogP contribution in [-0.4, -0.2) is 22.7 Å². The molecule has 4 nitrogen and oxygen atoms in total. The standard InChI is InChI=1S/C17H21NO3/c19-16(20)14-1-2-18-9-15(14)21-10-17-6-11-3-12(7-17)5-13(4-11)8-17/h1-2,9,11-13H,3-8,10H2,(H,19,20). The van der Waals surface area contributed by atoms with Crippen LogP contribution in [0.3, 0.4) is 0 Å². The van der Waals surface area contributed by atoms with Gasteiger partial charge in [0.1, 0.15) is 5.56 Å². The minimum atomic E-state index is -0.946. The lowest BCUT2D eigenvalue weighted by atomic mass is 9.50. The average Bonchev–Trinajstić information content (AvgIpc) is 2.44. The SMILES string of the molecule is O=C(O)c1ccncc1OCC12CC3CC(CC(C3)C1)C2. The van der Waals surface area contributed by atoms with E-state index in [1.807, 2.05) is 0 Å². The van der Waals surface area contributed by atoms with Gasteiger partial charge in [-0.2, -0.15) is 0 Å². The Morgan fingerprint density at radius 1 is 1.24 bits per heavy atom. The Bertz CT molecular complexity index is 534. The fourth-order valence-electron chi connectivity index (χ4n) is 5.37. The molecule has 112 valence electrons. The van der Waals surface area contributed by atoms with Crippen molar-refractivity contribution in [3.63, 3.8) is 0 Å². The van der Waals surface area contributed by atoms with Gasteiger partial charge in [-0.05, 0) is 62.3 Å². The summed E-state index contributed by atoms with van der Waals surface area (Å²) in [6.07, 6.45) is 11.1. The number of nitrogens with zero attached hydrogens (tertiary/aromatic N) is 1. The Morgan fingerprint density at radius 3 is 2.43 bits per heavy atom. The van der Waals surface area contributed by atoms with Crippen LogP contribution in [0, 0.1) is 23.2 Å². The minimum Gasteiger partial charge on any atom is -0.490 e. The highest BCUT2D eigenvalue weighted by Gasteiger charge is 2.51. The lowest BCUT2D eigenvalue weighted by Gasteiger charge is -2.56. The number of rotatable bonds is 4. The van der Waals surface area contributed by atoms with Gasteiger partial charge in [0.25, 0.3) is 0 Å². The second-order valence-corrected chi connectivity index (χ2v) is 7.38. The number of hydrogen-bond donors (Lipinski definition) is 1. The second-order valence-electron chi connectivity index (χ2n) is 7.38. The highest BCUT2D eigenvalue weighted by Crippen LogP contribution is 2.60. The molecule has 1 N–H and O–H groups in total. The van der Waals surface area contributed by atoms with Gasteiger partial charge in [-0.3, -0.25) is 4.98 Å². The van der Waals surface area contributed by atoms with Gasteiger partial charge >= 0.3 is 5.97 Å². The summed E-state index contributed by atoms with van der Waals surface area (Å²) in [5.74, 6) is 2.12. The van der Waals surface area contributed by atoms with Gasteiger partial charge in [-0.15, -0.1) is 0 Å². The summed E-state index contributed by atoms with van der Waals surface area (Å²) in [5, 5.41) is 9.22. The first kappa shape index (κ1) is 13.1. The molecule has 1 heterocycles. The molecular formula is C17H21NO3. The van der Waals surface area contributed by atoms with Crippen LogP contribution >= 0.6 is 0 Å². The number of aromatic carboxylic acids is 1. The number of ether oxygens (including phenoxy) is 1. The van der Waals surface area contributed by atoms with Crippen molar-refractivity contribution in [2.24, 2.45) is 23.2 Å². The van der Waals surface area contributed by atoms with E-state index in [4.69, 9.17) is 4.74 Å². The topological polar surface area (TPSA) is 59.4 Å². The number of aromatic nitrogens is 1. The normalized spacial score (nSPS) is 36.7. The predicted molar refractivity (Wildman–Crippen MR) is 77.3 cm³/mol. The van der Waals surface area contributed by atoms with Crippen LogP contribution in [0.5, 0.6) is 5.75 Å². The average molecular weight is 287 g/mol. The third kappa shape index (κ3) is 2.30. The van der Waals surface area contributed by atoms with Crippen molar-refractivity contribution in [3.8, 4) is 5.75 Å². The largest absolute Gasteiger partial charge is 0.490 e. The van der Waals surface area contributed by atoms with Crippen LogP contribution in [0.15, 0.2) is 18.5 Å². The fourth-order valence-corrected chi connectivity index (χ4v) is 5.37. The molecule has 21 heavy (non-hydrogen) atoms. The van der Waals surface area contributed by atoms with Gasteiger partial charge in [0.15, 0.2) is 5.75 Å². The van der Waals surface area contributed by atoms with Crippen molar-refractivity contribution in [2.45, 2.75) is 38.5 Å². The van der Waals surface area contributed by atoms with Crippen molar-refractivity contribution in [3.05, 3.63) is 24.0 Å². The van der Waals surface area contributed by atoms with Gasteiger partial charge in [-0.25, -0.2) is 4.79 Å². The van der Waals surface area contributed by atoms with E-state index in [1.54, 1.807) is 0 Å². The molecule has 0 saturated heterocycles. The Morgan fingerprint density at radius 2 is 1.86 bits per heavy atom. The van der Waals surface area contributed by atoms with E-state index < -0.39 is 5.97 Å². The molecule has 5 rings (SSSR count). The number of pyridine rings is 1. The molecule has 4 saturated carbocycles. The molecular weight excluding hydrogens is 266 g/mol. The summed E-state index contributed by atoms with van der Waals surface area (Å²) in [5.41, 5.74) is 0.509. The summed E-state index contributed by atoms with van der Waals surface area (Å²) < 4.78 is 5.94. The van der Waals surface area contributed by atoms with E-state index >= 15 is 0 Å². The smallest absolute Gasteiger partial charge is 0.339 e. The summed E-state index contributed by atoms with van der Waals surface area (Å²) in [4.78, 5) is 15.2. The summed E-state index contributed by atoms with van der Waals surface area (Å²) >= 11 is 0. The molecule has 1 aromatic heterocycles. The van der Waals surface area contributed by atoms with E-state index in [-0.39, 0.29) is 5.56 Å². The zero-order valence-electron chi connectivity index (χ0n) is 12.1. The van der Waals surface area contributed by atoms with E-state index in [1.165, 1.54) is 57.0 Å². The Balaban J connectivity index is 1.51. The van der Waals surface area contributed by atoms with E-state index in [9.17, 15) is 9.90 Å². The molecule has 4 fully saturated rings. The van der Waals surface area contributed by atoms with Crippen molar-refractivity contribution < 1.29 is 14.6 Å². The first-order chi connectivity index (χ1) is 10.1. The van der Waals surface area contributed by atoms with E-state index in [0.717, 1.165) is 17.8 Å². The maximum atomic E-state index is 11.2. The molecule has 0 aromatic carbocycles. The molecule has 1 aromatic rings. The molecule has 0 atom stereocenters. The number of hydrogen-bond acceptors (Lipinski definition) is 3. The molecule has 4 bridgehead atoms. The monoisotopic (exact) mass is 287 g/mol. The molecule has 4 aliphatic carbocycles. The molecule has 0 radical (unpaired) electrons. The van der Waals surface area contributed by atoms with Crippen LogP contribution in [0.25, 0.3) is 0 Å². The zero-order valence-corrected chi connectivity index (χ0v) is 12.1. The molecule has 4 aliphatic rings. The molecule has 0 unspecified atom stereocenters. The van der Waals surface area contributed by atoms with Crippen LogP contribution in [0.4, 0.5) is 0 Å². The third-order valence-corrected chi connectivity index (χ3v) is 5.71. The van der Waals surface area contributed by atoms with Gasteiger partial charge in [0.05, 0.1) is 12.8 Å². The lowest BCUT2D eigenvalue weighted by molar-refractivity contribution is -0.0747. The fraction of sp³-hybridized carbons (Fsp3) is 0.647. The third-order valence-electron chi connectivity index (χ3n) is 5.71. The van der Waals surface area contributed by atoms with Crippen molar-refractivity contribution in [1.82, 2.24) is 4.98 Å². The first-order valence-corrected chi connectivity index (χ1v) is 7.94. The van der Waals surface area contributed by atoms with Gasteiger partial charge in [0.2, 0.25) is 0 Å². The summed E-state index contributed by atoms with van der Waals surface area (Å²) in [6, 6.07) is 1.51. The summed E-state index contributed by atoms with van der Waals surface area (Å²) in [6.45, 7) is 0.655. The maximum absolute atomic E-state index is 11.2.